The zero-order valence-corrected chi connectivity index (χ0v) is 12.7. The van der Waals surface area contributed by atoms with E-state index in [-0.39, 0.29) is 13.2 Å². The van der Waals surface area contributed by atoms with E-state index in [1.165, 1.54) is 0 Å². The standard InChI is InChI=1S/C16H20NO3P/c17-11-16(13-20-12-14-7-3-1-4-8-14)21(18,19)15-9-5-2-6-10-15/h1-10,16H,11-13,17H2,(H,18,19). The van der Waals surface area contributed by atoms with Gasteiger partial charge in [-0.25, -0.2) is 0 Å². The van der Waals surface area contributed by atoms with Gasteiger partial charge < -0.3 is 15.4 Å². The fourth-order valence-electron chi connectivity index (χ4n) is 2.05. The highest BCUT2D eigenvalue weighted by atomic mass is 31.2. The molecule has 0 spiro atoms. The highest BCUT2D eigenvalue weighted by Gasteiger charge is 2.31. The molecule has 0 aliphatic rings. The van der Waals surface area contributed by atoms with Gasteiger partial charge in [0.25, 0.3) is 0 Å². The third-order valence-electron chi connectivity index (χ3n) is 3.31. The molecule has 2 unspecified atom stereocenters. The van der Waals surface area contributed by atoms with E-state index in [0.717, 1.165) is 5.56 Å². The molecule has 0 aliphatic carbocycles. The van der Waals surface area contributed by atoms with E-state index in [1.807, 2.05) is 36.4 Å². The molecule has 0 saturated carbocycles. The second-order valence-electron chi connectivity index (χ2n) is 4.85. The molecule has 4 nitrogen and oxygen atoms in total. The monoisotopic (exact) mass is 305 g/mol. The van der Waals surface area contributed by atoms with Crippen molar-refractivity contribution in [3.05, 3.63) is 66.2 Å². The summed E-state index contributed by atoms with van der Waals surface area (Å²) in [6.45, 7) is 0.678. The molecule has 0 amide bonds. The summed E-state index contributed by atoms with van der Waals surface area (Å²) in [5.41, 5.74) is 6.10. The van der Waals surface area contributed by atoms with Crippen LogP contribution < -0.4 is 11.0 Å². The van der Waals surface area contributed by atoms with Crippen LogP contribution in [0.2, 0.25) is 0 Å². The highest BCUT2D eigenvalue weighted by molar-refractivity contribution is 7.66. The summed E-state index contributed by atoms with van der Waals surface area (Å²) in [7, 11) is -3.53. The third-order valence-corrected chi connectivity index (χ3v) is 5.70. The lowest BCUT2D eigenvalue weighted by Gasteiger charge is -2.22. The average molecular weight is 305 g/mol. The molecule has 2 atom stereocenters. The predicted molar refractivity (Wildman–Crippen MR) is 84.8 cm³/mol. The summed E-state index contributed by atoms with van der Waals surface area (Å²) in [5, 5.41) is 0.420. The first-order chi connectivity index (χ1) is 10.1. The molecule has 21 heavy (non-hydrogen) atoms. The number of benzene rings is 2. The predicted octanol–water partition coefficient (Wildman–Crippen LogP) is 2.13. The quantitative estimate of drug-likeness (QED) is 0.769. The molecule has 2 aromatic rings. The van der Waals surface area contributed by atoms with Gasteiger partial charge in [0.15, 0.2) is 0 Å². The maximum atomic E-state index is 12.6. The Labute approximate surface area is 125 Å². The fraction of sp³-hybridized carbons (Fsp3) is 0.250. The van der Waals surface area contributed by atoms with Crippen LogP contribution in [0.15, 0.2) is 60.7 Å². The van der Waals surface area contributed by atoms with Crippen LogP contribution in [-0.2, 0) is 15.9 Å². The summed E-state index contributed by atoms with van der Waals surface area (Å²) >= 11 is 0. The van der Waals surface area contributed by atoms with Gasteiger partial charge in [-0.15, -0.1) is 0 Å². The number of ether oxygens (including phenoxy) is 1. The molecule has 0 saturated heterocycles. The van der Waals surface area contributed by atoms with E-state index in [9.17, 15) is 9.46 Å². The smallest absolute Gasteiger partial charge is 0.236 e. The molecular weight excluding hydrogens is 285 g/mol. The third kappa shape index (κ3) is 4.26. The van der Waals surface area contributed by atoms with Gasteiger partial charge >= 0.3 is 0 Å². The van der Waals surface area contributed by atoms with Crippen LogP contribution in [0.3, 0.4) is 0 Å². The van der Waals surface area contributed by atoms with Gasteiger partial charge in [0.05, 0.1) is 18.9 Å². The molecule has 0 bridgehead atoms. The number of nitrogens with two attached hydrogens (primary N) is 1. The van der Waals surface area contributed by atoms with Crippen LogP contribution >= 0.6 is 7.37 Å². The van der Waals surface area contributed by atoms with E-state index in [4.69, 9.17) is 10.5 Å². The molecule has 0 aromatic heterocycles. The van der Waals surface area contributed by atoms with Crippen molar-refractivity contribution in [1.29, 1.82) is 0 Å². The summed E-state index contributed by atoms with van der Waals surface area (Å²) in [6.07, 6.45) is 0. The minimum atomic E-state index is -3.53. The van der Waals surface area contributed by atoms with Gasteiger partial charge in [-0.3, -0.25) is 4.57 Å². The maximum absolute atomic E-state index is 12.6. The number of hydrogen-bond acceptors (Lipinski definition) is 3. The van der Waals surface area contributed by atoms with E-state index in [2.05, 4.69) is 0 Å². The molecule has 0 aliphatic heterocycles. The molecular formula is C16H20NO3P. The second-order valence-corrected chi connectivity index (χ2v) is 7.34. The van der Waals surface area contributed by atoms with Gasteiger partial charge in [-0.2, -0.15) is 0 Å². The number of rotatable bonds is 7. The molecule has 0 radical (unpaired) electrons. The molecule has 112 valence electrons. The lowest BCUT2D eigenvalue weighted by molar-refractivity contribution is 0.119. The second kappa shape index (κ2) is 7.53. The number of hydrogen-bond donors (Lipinski definition) is 2. The minimum Gasteiger partial charge on any atom is -0.376 e. The van der Waals surface area contributed by atoms with E-state index >= 15 is 0 Å². The van der Waals surface area contributed by atoms with Crippen molar-refractivity contribution in [2.45, 2.75) is 12.3 Å². The van der Waals surface area contributed by atoms with Crippen LogP contribution in [0.1, 0.15) is 5.56 Å². The average Bonchev–Trinajstić information content (AvgIpc) is 2.53. The Bertz CT molecular complexity index is 589. The van der Waals surface area contributed by atoms with Crippen molar-refractivity contribution in [2.24, 2.45) is 5.73 Å². The van der Waals surface area contributed by atoms with Crippen LogP contribution in [0.5, 0.6) is 0 Å². The Balaban J connectivity index is 1.98. The molecule has 0 heterocycles. The summed E-state index contributed by atoms with van der Waals surface area (Å²) in [6, 6.07) is 18.3. The first-order valence-electron chi connectivity index (χ1n) is 6.84. The Kier molecular flexibility index (Phi) is 5.71. The van der Waals surface area contributed by atoms with E-state index in [1.54, 1.807) is 24.3 Å². The lowest BCUT2D eigenvalue weighted by Crippen LogP contribution is -2.29. The van der Waals surface area contributed by atoms with Crippen molar-refractivity contribution >= 4 is 12.7 Å². The summed E-state index contributed by atoms with van der Waals surface area (Å²) < 4.78 is 18.2. The Morgan fingerprint density at radius 2 is 1.62 bits per heavy atom. The van der Waals surface area contributed by atoms with Gasteiger partial charge in [0.2, 0.25) is 7.37 Å². The van der Waals surface area contributed by atoms with Crippen molar-refractivity contribution in [3.63, 3.8) is 0 Å². The van der Waals surface area contributed by atoms with Crippen molar-refractivity contribution in [2.75, 3.05) is 13.2 Å². The van der Waals surface area contributed by atoms with E-state index in [0.29, 0.717) is 11.9 Å². The van der Waals surface area contributed by atoms with Gasteiger partial charge in [0, 0.05) is 11.8 Å². The van der Waals surface area contributed by atoms with E-state index < -0.39 is 13.0 Å². The Morgan fingerprint density at radius 1 is 1.05 bits per heavy atom. The molecule has 2 aromatic carbocycles. The maximum Gasteiger partial charge on any atom is 0.236 e. The van der Waals surface area contributed by atoms with Gasteiger partial charge in [-0.05, 0) is 17.7 Å². The fourth-order valence-corrected chi connectivity index (χ4v) is 3.67. The van der Waals surface area contributed by atoms with Gasteiger partial charge in [0.1, 0.15) is 0 Å². The van der Waals surface area contributed by atoms with Crippen LogP contribution in [0, 0.1) is 0 Å². The first kappa shape index (κ1) is 15.9. The minimum absolute atomic E-state index is 0.109. The van der Waals surface area contributed by atoms with Crippen LogP contribution in [0.25, 0.3) is 0 Å². The zero-order chi connectivity index (χ0) is 15.1. The molecule has 0 fully saturated rings. The zero-order valence-electron chi connectivity index (χ0n) is 11.8. The molecule has 3 N–H and O–H groups in total. The van der Waals surface area contributed by atoms with Crippen molar-refractivity contribution in [3.8, 4) is 0 Å². The van der Waals surface area contributed by atoms with Crippen molar-refractivity contribution < 1.29 is 14.2 Å². The van der Waals surface area contributed by atoms with Crippen molar-refractivity contribution in [1.82, 2.24) is 0 Å². The molecule has 2 rings (SSSR count). The Hall–Kier alpha value is -1.45. The topological polar surface area (TPSA) is 72.5 Å². The molecule has 5 heteroatoms. The lowest BCUT2D eigenvalue weighted by atomic mass is 10.2. The first-order valence-corrected chi connectivity index (χ1v) is 8.57. The largest absolute Gasteiger partial charge is 0.376 e. The van der Waals surface area contributed by atoms with Gasteiger partial charge in [-0.1, -0.05) is 48.5 Å². The summed E-state index contributed by atoms with van der Waals surface area (Å²) in [5.74, 6) is 0. The summed E-state index contributed by atoms with van der Waals surface area (Å²) in [4.78, 5) is 10.3. The van der Waals surface area contributed by atoms with Crippen LogP contribution in [-0.4, -0.2) is 23.7 Å². The normalized spacial score (nSPS) is 15.3. The highest BCUT2D eigenvalue weighted by Crippen LogP contribution is 2.44. The Morgan fingerprint density at radius 3 is 2.19 bits per heavy atom. The SMILES string of the molecule is NCC(COCc1ccccc1)P(=O)(O)c1ccccc1. The van der Waals surface area contributed by atoms with Crippen LogP contribution in [0.4, 0.5) is 0 Å².